The topological polar surface area (TPSA) is 27.7 Å². The highest BCUT2D eigenvalue weighted by Gasteiger charge is 2.37. The largest absolute Gasteiger partial charge is 0.500 e. The Hall–Kier alpha value is -0.893. The van der Waals surface area contributed by atoms with E-state index in [9.17, 15) is 13.2 Å². The monoisotopic (exact) mass is 308 g/mol. The summed E-state index contributed by atoms with van der Waals surface area (Å²) in [5, 5.41) is 0. The van der Waals surface area contributed by atoms with Gasteiger partial charge in [0.25, 0.3) is 0 Å². The molecule has 0 N–H and O–H groups in total. The van der Waals surface area contributed by atoms with E-state index >= 15 is 0 Å². The second-order valence-electron chi connectivity index (χ2n) is 4.24. The van der Waals surface area contributed by atoms with Gasteiger partial charge in [0.1, 0.15) is 5.82 Å². The number of hydrogen-bond acceptors (Lipinski definition) is 3. The molecule has 0 bridgehead atoms. The van der Waals surface area contributed by atoms with Crippen molar-refractivity contribution in [1.82, 2.24) is 0 Å². The van der Waals surface area contributed by atoms with Crippen LogP contribution in [0, 0.1) is 17.5 Å². The highest BCUT2D eigenvalue weighted by molar-refractivity contribution is 6.60. The summed E-state index contributed by atoms with van der Waals surface area (Å²) in [6.45, 7) is 2.28. The Morgan fingerprint density at radius 3 is 2.15 bits per heavy atom. The first kappa shape index (κ1) is 17.2. The lowest BCUT2D eigenvalue weighted by Gasteiger charge is -2.25. The van der Waals surface area contributed by atoms with Gasteiger partial charge in [0.05, 0.1) is 0 Å². The number of rotatable bonds is 8. The molecule has 0 aliphatic carbocycles. The van der Waals surface area contributed by atoms with E-state index in [1.807, 2.05) is 6.92 Å². The van der Waals surface area contributed by atoms with Crippen LogP contribution in [0.2, 0.25) is 6.04 Å². The lowest BCUT2D eigenvalue weighted by atomic mass is 10.1. The van der Waals surface area contributed by atoms with Gasteiger partial charge in [-0.25, -0.2) is 13.2 Å². The van der Waals surface area contributed by atoms with E-state index in [1.165, 1.54) is 14.2 Å². The molecule has 0 saturated carbocycles. The second-order valence-corrected chi connectivity index (χ2v) is 7.21. The van der Waals surface area contributed by atoms with Gasteiger partial charge in [0.2, 0.25) is 0 Å². The minimum absolute atomic E-state index is 0.135. The van der Waals surface area contributed by atoms with E-state index in [0.29, 0.717) is 25.1 Å². The van der Waals surface area contributed by atoms with Gasteiger partial charge in [-0.1, -0.05) is 0 Å². The first-order chi connectivity index (χ1) is 9.48. The third-order valence-corrected chi connectivity index (χ3v) is 5.94. The first-order valence-electron chi connectivity index (χ1n) is 6.35. The first-order valence-corrected chi connectivity index (χ1v) is 8.29. The summed E-state index contributed by atoms with van der Waals surface area (Å²) in [6.07, 6.45) is 0.757. The minimum atomic E-state index is -2.73. The molecule has 0 aromatic heterocycles. The van der Waals surface area contributed by atoms with Gasteiger partial charge in [-0.05, 0) is 31.4 Å². The van der Waals surface area contributed by atoms with E-state index in [1.54, 1.807) is 0 Å². The predicted molar refractivity (Wildman–Crippen MR) is 70.8 cm³/mol. The van der Waals surface area contributed by atoms with E-state index < -0.39 is 26.3 Å². The molecular formula is C13H19F3O3Si. The second kappa shape index (κ2) is 7.77. The Morgan fingerprint density at radius 2 is 1.60 bits per heavy atom. The smallest absolute Gasteiger partial charge is 0.377 e. The van der Waals surface area contributed by atoms with Crippen molar-refractivity contribution in [1.29, 1.82) is 0 Å². The fraction of sp³-hybridized carbons (Fsp3) is 0.538. The number of benzene rings is 1. The zero-order chi connectivity index (χ0) is 15.2. The zero-order valence-corrected chi connectivity index (χ0v) is 12.8. The van der Waals surface area contributed by atoms with Crippen molar-refractivity contribution in [3.63, 3.8) is 0 Å². The lowest BCUT2D eigenvalue weighted by Crippen LogP contribution is -2.43. The molecule has 7 heteroatoms. The van der Waals surface area contributed by atoms with Gasteiger partial charge in [0.15, 0.2) is 11.6 Å². The van der Waals surface area contributed by atoms with Crippen LogP contribution in [0.4, 0.5) is 13.2 Å². The number of hydrogen-bond donors (Lipinski definition) is 0. The molecule has 1 rings (SSSR count). The molecule has 0 unspecified atom stereocenters. The third kappa shape index (κ3) is 4.31. The molecule has 1 aromatic carbocycles. The van der Waals surface area contributed by atoms with Crippen molar-refractivity contribution < 1.29 is 26.4 Å². The molecule has 1 aromatic rings. The summed E-state index contributed by atoms with van der Waals surface area (Å²) >= 11 is 0. The van der Waals surface area contributed by atoms with Gasteiger partial charge >= 0.3 is 8.80 Å². The van der Waals surface area contributed by atoms with Gasteiger partial charge in [-0.15, -0.1) is 0 Å². The van der Waals surface area contributed by atoms with Crippen LogP contribution in [0.1, 0.15) is 18.9 Å². The molecule has 0 saturated heterocycles. The Morgan fingerprint density at radius 1 is 1.00 bits per heavy atom. The molecular weight excluding hydrogens is 289 g/mol. The Labute approximate surface area is 118 Å². The Bertz CT molecular complexity index is 439. The summed E-state index contributed by atoms with van der Waals surface area (Å²) in [4.78, 5) is 0. The fourth-order valence-corrected chi connectivity index (χ4v) is 3.95. The standard InChI is InChI=1S/C13H19F3O3Si/c1-4-19-20(17-2,18-3)7-5-6-10-8-12(15)13(16)9-11(10)14/h8-9H,4-7H2,1-3H3. The van der Waals surface area contributed by atoms with Crippen LogP contribution in [0.25, 0.3) is 0 Å². The van der Waals surface area contributed by atoms with E-state index in [-0.39, 0.29) is 12.0 Å². The summed E-state index contributed by atoms with van der Waals surface area (Å²) in [7, 11) is 0.278. The molecule has 3 nitrogen and oxygen atoms in total. The quantitative estimate of drug-likeness (QED) is 0.545. The van der Waals surface area contributed by atoms with Gasteiger partial charge in [0, 0.05) is 32.9 Å². The van der Waals surface area contributed by atoms with Crippen molar-refractivity contribution in [3.05, 3.63) is 35.1 Å². The zero-order valence-electron chi connectivity index (χ0n) is 11.8. The molecule has 0 amide bonds. The van der Waals surface area contributed by atoms with Crippen LogP contribution in [-0.2, 0) is 19.7 Å². The third-order valence-electron chi connectivity index (χ3n) is 3.00. The number of halogens is 3. The maximum absolute atomic E-state index is 13.5. The van der Waals surface area contributed by atoms with Gasteiger partial charge in [-0.2, -0.15) is 0 Å². The highest BCUT2D eigenvalue weighted by Crippen LogP contribution is 2.20. The molecule has 0 radical (unpaired) electrons. The molecule has 0 fully saturated rings. The van der Waals surface area contributed by atoms with E-state index in [2.05, 4.69) is 0 Å². The molecule has 0 aliphatic rings. The van der Waals surface area contributed by atoms with Gasteiger partial charge < -0.3 is 13.3 Å². The van der Waals surface area contributed by atoms with Crippen LogP contribution in [0.15, 0.2) is 12.1 Å². The molecule has 20 heavy (non-hydrogen) atoms. The van der Waals surface area contributed by atoms with Crippen LogP contribution < -0.4 is 0 Å². The summed E-state index contributed by atoms with van der Waals surface area (Å²) < 4.78 is 55.5. The summed E-state index contributed by atoms with van der Waals surface area (Å²) in [5.41, 5.74) is 0.135. The van der Waals surface area contributed by atoms with Crippen molar-refractivity contribution >= 4 is 8.80 Å². The van der Waals surface area contributed by atoms with E-state index in [0.717, 1.165) is 6.07 Å². The Kier molecular flexibility index (Phi) is 6.67. The summed E-state index contributed by atoms with van der Waals surface area (Å²) in [6, 6.07) is 1.92. The van der Waals surface area contributed by atoms with Gasteiger partial charge in [-0.3, -0.25) is 0 Å². The van der Waals surface area contributed by atoms with Crippen LogP contribution in [0.3, 0.4) is 0 Å². The van der Waals surface area contributed by atoms with Crippen molar-refractivity contribution in [2.24, 2.45) is 0 Å². The molecule has 0 aliphatic heterocycles. The average molecular weight is 308 g/mol. The predicted octanol–water partition coefficient (Wildman–Crippen LogP) is 3.30. The van der Waals surface area contributed by atoms with Crippen molar-refractivity contribution in [3.8, 4) is 0 Å². The molecule has 0 heterocycles. The van der Waals surface area contributed by atoms with Crippen LogP contribution in [-0.4, -0.2) is 29.6 Å². The number of aryl methyl sites for hydroxylation is 1. The minimum Gasteiger partial charge on any atom is -0.377 e. The molecule has 114 valence electrons. The van der Waals surface area contributed by atoms with Crippen LogP contribution in [0.5, 0.6) is 0 Å². The maximum Gasteiger partial charge on any atom is 0.500 e. The average Bonchev–Trinajstić information content (AvgIpc) is 2.43. The van der Waals surface area contributed by atoms with E-state index in [4.69, 9.17) is 13.3 Å². The highest BCUT2D eigenvalue weighted by atomic mass is 28.4. The fourth-order valence-electron chi connectivity index (χ4n) is 1.95. The SMILES string of the molecule is CCO[Si](CCCc1cc(F)c(F)cc1F)(OC)OC. The normalized spacial score (nSPS) is 11.9. The Balaban J connectivity index is 2.65. The van der Waals surface area contributed by atoms with Crippen LogP contribution >= 0.6 is 0 Å². The summed E-state index contributed by atoms with van der Waals surface area (Å²) in [5.74, 6) is -2.98. The maximum atomic E-state index is 13.5. The lowest BCUT2D eigenvalue weighted by molar-refractivity contribution is 0.103. The van der Waals surface area contributed by atoms with Crippen molar-refractivity contribution in [2.45, 2.75) is 25.8 Å². The molecule has 0 spiro atoms. The van der Waals surface area contributed by atoms with Crippen molar-refractivity contribution in [2.75, 3.05) is 20.8 Å². The molecule has 0 atom stereocenters.